The standard InChI is InChI=1S/C23H22O9/c1-10(2)22-20(28)19(27)21(29)23(32-22)31-15-9-14-16(18(26)17(15)25)12(24)8-13(30-14)11-6-4-3-5-7-11/h3-9,19-23,25-29H,1H2,2H3/t19-,20-,21+,22-,23+/m0/s1. The number of aliphatic hydroxyl groups excluding tert-OH is 3. The number of hydrogen-bond donors (Lipinski definition) is 5. The van der Waals surface area contributed by atoms with Gasteiger partial charge in [0.25, 0.3) is 0 Å². The molecule has 0 amide bonds. The lowest BCUT2D eigenvalue weighted by Gasteiger charge is -2.40. The summed E-state index contributed by atoms with van der Waals surface area (Å²) in [5.74, 6) is -1.68. The van der Waals surface area contributed by atoms with Gasteiger partial charge in [-0.2, -0.15) is 0 Å². The van der Waals surface area contributed by atoms with Crippen molar-refractivity contribution in [3.63, 3.8) is 0 Å². The summed E-state index contributed by atoms with van der Waals surface area (Å²) in [6.07, 6.45) is -7.30. The Hall–Kier alpha value is -3.37. The number of phenols is 2. The molecule has 0 aliphatic carbocycles. The molecular formula is C23H22O9. The number of benzene rings is 2. The molecule has 32 heavy (non-hydrogen) atoms. The topological polar surface area (TPSA) is 150 Å². The Morgan fingerprint density at radius 2 is 1.69 bits per heavy atom. The molecule has 0 radical (unpaired) electrons. The van der Waals surface area contributed by atoms with Gasteiger partial charge in [0.1, 0.15) is 41.1 Å². The van der Waals surface area contributed by atoms with Gasteiger partial charge in [0, 0.05) is 17.7 Å². The second-order valence-electron chi connectivity index (χ2n) is 7.65. The molecule has 2 aromatic carbocycles. The van der Waals surface area contributed by atoms with Gasteiger partial charge in [-0.25, -0.2) is 0 Å². The Bertz CT molecular complexity index is 1220. The first kappa shape index (κ1) is 21.8. The quantitative estimate of drug-likeness (QED) is 0.300. The summed E-state index contributed by atoms with van der Waals surface area (Å²) in [4.78, 5) is 12.6. The van der Waals surface area contributed by atoms with Crippen LogP contribution in [0.3, 0.4) is 0 Å². The number of hydrogen-bond acceptors (Lipinski definition) is 9. The average molecular weight is 442 g/mol. The molecule has 168 valence electrons. The molecular weight excluding hydrogens is 420 g/mol. The highest BCUT2D eigenvalue weighted by Gasteiger charge is 2.45. The normalized spacial score (nSPS) is 25.6. The highest BCUT2D eigenvalue weighted by Crippen LogP contribution is 2.42. The second-order valence-corrected chi connectivity index (χ2v) is 7.65. The fraction of sp³-hybridized carbons (Fsp3) is 0.261. The van der Waals surface area contributed by atoms with Crippen LogP contribution in [0, 0.1) is 0 Å². The molecule has 4 rings (SSSR count). The molecule has 9 heteroatoms. The van der Waals surface area contributed by atoms with Crippen LogP contribution >= 0.6 is 0 Å². The van der Waals surface area contributed by atoms with E-state index in [0.717, 1.165) is 0 Å². The van der Waals surface area contributed by atoms with Gasteiger partial charge < -0.3 is 39.4 Å². The molecule has 1 fully saturated rings. The van der Waals surface area contributed by atoms with Crippen LogP contribution < -0.4 is 10.2 Å². The van der Waals surface area contributed by atoms with Gasteiger partial charge in [-0.15, -0.1) is 0 Å². The summed E-state index contributed by atoms with van der Waals surface area (Å²) < 4.78 is 16.8. The minimum atomic E-state index is -1.68. The third-order valence-corrected chi connectivity index (χ3v) is 5.29. The zero-order valence-electron chi connectivity index (χ0n) is 17.0. The van der Waals surface area contributed by atoms with E-state index in [1.54, 1.807) is 37.3 Å². The van der Waals surface area contributed by atoms with Gasteiger partial charge in [-0.1, -0.05) is 36.9 Å². The molecule has 9 nitrogen and oxygen atoms in total. The molecule has 0 spiro atoms. The van der Waals surface area contributed by atoms with Crippen molar-refractivity contribution in [2.24, 2.45) is 0 Å². The summed E-state index contributed by atoms with van der Waals surface area (Å²) in [6, 6.07) is 11.2. The van der Waals surface area contributed by atoms with E-state index in [1.807, 2.05) is 0 Å². The van der Waals surface area contributed by atoms with Crippen molar-refractivity contribution < 1.29 is 39.4 Å². The van der Waals surface area contributed by atoms with Crippen molar-refractivity contribution in [1.82, 2.24) is 0 Å². The van der Waals surface area contributed by atoms with E-state index in [9.17, 15) is 30.3 Å². The van der Waals surface area contributed by atoms with Crippen molar-refractivity contribution in [1.29, 1.82) is 0 Å². The first-order valence-electron chi connectivity index (χ1n) is 9.79. The van der Waals surface area contributed by atoms with Crippen molar-refractivity contribution in [2.45, 2.75) is 37.6 Å². The lowest BCUT2D eigenvalue weighted by molar-refractivity contribution is -0.263. The van der Waals surface area contributed by atoms with Crippen molar-refractivity contribution in [2.75, 3.05) is 0 Å². The number of fused-ring (bicyclic) bond motifs is 1. The first-order valence-corrected chi connectivity index (χ1v) is 9.79. The number of aromatic hydroxyl groups is 2. The Labute approximate surface area is 182 Å². The zero-order chi connectivity index (χ0) is 23.2. The zero-order valence-corrected chi connectivity index (χ0v) is 17.0. The third kappa shape index (κ3) is 3.71. The highest BCUT2D eigenvalue weighted by molar-refractivity contribution is 5.89. The molecule has 1 aliphatic heterocycles. The van der Waals surface area contributed by atoms with E-state index >= 15 is 0 Å². The molecule has 0 bridgehead atoms. The van der Waals surface area contributed by atoms with Gasteiger partial charge >= 0.3 is 0 Å². The van der Waals surface area contributed by atoms with E-state index in [4.69, 9.17) is 13.9 Å². The van der Waals surface area contributed by atoms with E-state index in [2.05, 4.69) is 6.58 Å². The first-order chi connectivity index (χ1) is 15.2. The third-order valence-electron chi connectivity index (χ3n) is 5.29. The van der Waals surface area contributed by atoms with E-state index in [-0.39, 0.29) is 22.5 Å². The maximum absolute atomic E-state index is 12.6. The van der Waals surface area contributed by atoms with Crippen LogP contribution in [-0.4, -0.2) is 56.2 Å². The Morgan fingerprint density at radius 3 is 2.34 bits per heavy atom. The maximum Gasteiger partial charge on any atom is 0.229 e. The molecule has 1 saturated heterocycles. The largest absolute Gasteiger partial charge is 0.504 e. The Balaban J connectivity index is 1.77. The molecule has 5 atom stereocenters. The predicted octanol–water partition coefficient (Wildman–Crippen LogP) is 1.63. The average Bonchev–Trinajstić information content (AvgIpc) is 2.77. The number of rotatable bonds is 4. The minimum Gasteiger partial charge on any atom is -0.504 e. The van der Waals surface area contributed by atoms with Crippen LogP contribution in [0.5, 0.6) is 17.2 Å². The fourth-order valence-corrected chi connectivity index (χ4v) is 3.58. The fourth-order valence-electron chi connectivity index (χ4n) is 3.58. The molecule has 3 aromatic rings. The summed E-state index contributed by atoms with van der Waals surface area (Å²) in [7, 11) is 0. The van der Waals surface area contributed by atoms with Crippen LogP contribution in [0.15, 0.2) is 63.8 Å². The molecule has 0 unspecified atom stereocenters. The molecule has 1 aromatic heterocycles. The van der Waals surface area contributed by atoms with Crippen LogP contribution in [0.1, 0.15) is 6.92 Å². The Morgan fingerprint density at radius 1 is 1.00 bits per heavy atom. The lowest BCUT2D eigenvalue weighted by atomic mass is 9.95. The van der Waals surface area contributed by atoms with Crippen molar-refractivity contribution >= 4 is 11.0 Å². The summed E-state index contributed by atoms with van der Waals surface area (Å²) in [6.45, 7) is 5.24. The van der Waals surface area contributed by atoms with E-state index in [0.29, 0.717) is 11.1 Å². The molecule has 2 heterocycles. The summed E-state index contributed by atoms with van der Waals surface area (Å²) in [5.41, 5.74) is 0.332. The van der Waals surface area contributed by atoms with Gasteiger partial charge in [0.05, 0.1) is 0 Å². The smallest absolute Gasteiger partial charge is 0.229 e. The predicted molar refractivity (Wildman–Crippen MR) is 113 cm³/mol. The number of aliphatic hydroxyl groups is 3. The van der Waals surface area contributed by atoms with Crippen molar-refractivity contribution in [3.05, 3.63) is 64.8 Å². The monoisotopic (exact) mass is 442 g/mol. The molecule has 1 aliphatic rings. The highest BCUT2D eigenvalue weighted by atomic mass is 16.7. The van der Waals surface area contributed by atoms with Gasteiger partial charge in [-0.3, -0.25) is 4.79 Å². The lowest BCUT2D eigenvalue weighted by Crippen LogP contribution is -2.59. The van der Waals surface area contributed by atoms with E-state index < -0.39 is 47.6 Å². The number of ether oxygens (including phenoxy) is 2. The maximum atomic E-state index is 12.6. The molecule has 5 N–H and O–H groups in total. The number of phenolic OH excluding ortho intramolecular Hbond substituents is 2. The van der Waals surface area contributed by atoms with Crippen LogP contribution in [0.4, 0.5) is 0 Å². The summed E-state index contributed by atoms with van der Waals surface area (Å²) in [5, 5.41) is 51.0. The van der Waals surface area contributed by atoms with Crippen LogP contribution in [0.2, 0.25) is 0 Å². The van der Waals surface area contributed by atoms with Crippen molar-refractivity contribution in [3.8, 4) is 28.6 Å². The Kier molecular flexibility index (Phi) is 5.66. The summed E-state index contributed by atoms with van der Waals surface area (Å²) >= 11 is 0. The second kappa shape index (κ2) is 8.29. The van der Waals surface area contributed by atoms with Gasteiger partial charge in [0.15, 0.2) is 16.9 Å². The van der Waals surface area contributed by atoms with Gasteiger partial charge in [0.2, 0.25) is 12.0 Å². The van der Waals surface area contributed by atoms with Crippen LogP contribution in [-0.2, 0) is 4.74 Å². The SMILES string of the molecule is C=C(C)[C@@H]1O[C@@H](Oc2cc3oc(-c4ccccc4)cc(=O)c3c(O)c2O)[C@H](O)[C@@H](O)[C@@H]1O. The van der Waals surface area contributed by atoms with E-state index in [1.165, 1.54) is 12.1 Å². The molecule has 0 saturated carbocycles. The minimum absolute atomic E-state index is 0.0796. The van der Waals surface area contributed by atoms with Crippen LogP contribution in [0.25, 0.3) is 22.3 Å². The van der Waals surface area contributed by atoms with Gasteiger partial charge in [-0.05, 0) is 12.5 Å².